The van der Waals surface area contributed by atoms with Crippen LogP contribution in [0.4, 0.5) is 0 Å². The molecule has 1 aliphatic rings. The van der Waals surface area contributed by atoms with Crippen LogP contribution in [0.1, 0.15) is 0 Å². The molecule has 1 fully saturated rings. The summed E-state index contributed by atoms with van der Waals surface area (Å²) in [5.41, 5.74) is 0. The Labute approximate surface area is 120 Å². The lowest BCUT2D eigenvalue weighted by Crippen LogP contribution is -2.59. The highest BCUT2D eigenvalue weighted by Crippen LogP contribution is 2.22. The molecule has 10 heteroatoms. The largest absolute Gasteiger partial charge is 0.394 e. The minimum absolute atomic E-state index is 0.582. The summed E-state index contributed by atoms with van der Waals surface area (Å²) in [6.45, 7) is -1.97. The number of aliphatic hydroxyl groups excluding tert-OH is 8. The molecular formula is C11H22O10. The van der Waals surface area contributed by atoms with E-state index < -0.39 is 68.8 Å². The zero-order chi connectivity index (χ0) is 16.2. The second kappa shape index (κ2) is 8.29. The molecule has 10 nitrogen and oxygen atoms in total. The third-order valence-corrected chi connectivity index (χ3v) is 3.26. The van der Waals surface area contributed by atoms with Crippen LogP contribution in [0.5, 0.6) is 0 Å². The molecule has 0 spiro atoms. The van der Waals surface area contributed by atoms with E-state index in [0.717, 1.165) is 0 Å². The summed E-state index contributed by atoms with van der Waals surface area (Å²) in [4.78, 5) is 0. The standard InChI is InChI=1S/C11H22O10/c12-1-4(14)7(16)5(15)3-20-11-10(19)9(18)8(17)6(2-13)21-11/h4-19H,1-3H2/t4-,5?,6?,7+,8-,9+,10?,11-/m1/s1. The average Bonchev–Trinajstić information content (AvgIpc) is 2.50. The summed E-state index contributed by atoms with van der Waals surface area (Å²) in [6.07, 6.45) is -12.2. The van der Waals surface area contributed by atoms with Crippen molar-refractivity contribution >= 4 is 0 Å². The van der Waals surface area contributed by atoms with E-state index >= 15 is 0 Å². The lowest BCUT2D eigenvalue weighted by atomic mass is 9.99. The zero-order valence-electron chi connectivity index (χ0n) is 11.1. The molecule has 0 bridgehead atoms. The van der Waals surface area contributed by atoms with Crippen LogP contribution in [0, 0.1) is 0 Å². The fraction of sp³-hybridized carbons (Fsp3) is 1.00. The number of rotatable bonds is 7. The maximum Gasteiger partial charge on any atom is 0.186 e. The summed E-state index contributed by atoms with van der Waals surface area (Å²) in [5, 5.41) is 74.4. The van der Waals surface area contributed by atoms with Gasteiger partial charge in [-0.3, -0.25) is 0 Å². The Morgan fingerprint density at radius 3 is 2.05 bits per heavy atom. The van der Waals surface area contributed by atoms with Crippen molar-refractivity contribution in [3.05, 3.63) is 0 Å². The maximum atomic E-state index is 9.65. The highest BCUT2D eigenvalue weighted by atomic mass is 16.7. The van der Waals surface area contributed by atoms with E-state index in [2.05, 4.69) is 0 Å². The van der Waals surface area contributed by atoms with Gasteiger partial charge in [-0.15, -0.1) is 0 Å². The van der Waals surface area contributed by atoms with E-state index in [0.29, 0.717) is 0 Å². The molecule has 0 radical (unpaired) electrons. The molecule has 1 aliphatic heterocycles. The third kappa shape index (κ3) is 4.53. The van der Waals surface area contributed by atoms with Gasteiger partial charge in [-0.05, 0) is 0 Å². The first-order valence-electron chi connectivity index (χ1n) is 6.40. The summed E-state index contributed by atoms with van der Waals surface area (Å²) in [6, 6.07) is 0. The molecule has 3 unspecified atom stereocenters. The molecule has 126 valence electrons. The maximum absolute atomic E-state index is 9.65. The first-order valence-corrected chi connectivity index (χ1v) is 6.40. The first-order chi connectivity index (χ1) is 9.83. The summed E-state index contributed by atoms with van der Waals surface area (Å²) < 4.78 is 9.98. The van der Waals surface area contributed by atoms with Gasteiger partial charge in [0, 0.05) is 0 Å². The van der Waals surface area contributed by atoms with Crippen LogP contribution in [0.15, 0.2) is 0 Å². The molecule has 0 amide bonds. The fourth-order valence-electron chi connectivity index (χ4n) is 1.86. The highest BCUT2D eigenvalue weighted by Gasteiger charge is 2.44. The van der Waals surface area contributed by atoms with Crippen molar-refractivity contribution in [3.63, 3.8) is 0 Å². The highest BCUT2D eigenvalue weighted by molar-refractivity contribution is 4.89. The minimum Gasteiger partial charge on any atom is -0.394 e. The Balaban J connectivity index is 2.53. The molecule has 0 aromatic rings. The lowest BCUT2D eigenvalue weighted by molar-refractivity contribution is -0.306. The Morgan fingerprint density at radius 1 is 0.905 bits per heavy atom. The number of aliphatic hydroxyl groups is 8. The number of hydrogen-bond acceptors (Lipinski definition) is 10. The molecule has 0 saturated carbocycles. The molecule has 21 heavy (non-hydrogen) atoms. The monoisotopic (exact) mass is 314 g/mol. The van der Waals surface area contributed by atoms with Crippen LogP contribution in [0.3, 0.4) is 0 Å². The van der Waals surface area contributed by atoms with Crippen molar-refractivity contribution in [3.8, 4) is 0 Å². The van der Waals surface area contributed by atoms with Gasteiger partial charge in [-0.25, -0.2) is 0 Å². The second-order valence-corrected chi connectivity index (χ2v) is 4.84. The van der Waals surface area contributed by atoms with Gasteiger partial charge in [-0.2, -0.15) is 0 Å². The van der Waals surface area contributed by atoms with Crippen molar-refractivity contribution in [2.45, 2.75) is 49.0 Å². The summed E-state index contributed by atoms with van der Waals surface area (Å²) >= 11 is 0. The number of ether oxygens (including phenoxy) is 2. The van der Waals surface area contributed by atoms with Gasteiger partial charge in [0.15, 0.2) is 6.29 Å². The molecule has 8 atom stereocenters. The van der Waals surface area contributed by atoms with Gasteiger partial charge >= 0.3 is 0 Å². The molecule has 8 N–H and O–H groups in total. The van der Waals surface area contributed by atoms with Crippen molar-refractivity contribution in [2.75, 3.05) is 19.8 Å². The van der Waals surface area contributed by atoms with E-state index in [1.165, 1.54) is 0 Å². The third-order valence-electron chi connectivity index (χ3n) is 3.26. The van der Waals surface area contributed by atoms with Gasteiger partial charge in [0.05, 0.1) is 19.8 Å². The lowest BCUT2D eigenvalue weighted by Gasteiger charge is -2.40. The topological polar surface area (TPSA) is 180 Å². The molecule has 1 heterocycles. The van der Waals surface area contributed by atoms with Crippen molar-refractivity contribution in [1.29, 1.82) is 0 Å². The van der Waals surface area contributed by atoms with E-state index in [9.17, 15) is 25.5 Å². The Bertz CT molecular complexity index is 301. The quantitative estimate of drug-likeness (QED) is 0.226. The van der Waals surface area contributed by atoms with Gasteiger partial charge in [0.2, 0.25) is 0 Å². The van der Waals surface area contributed by atoms with E-state index in [-0.39, 0.29) is 0 Å². The zero-order valence-corrected chi connectivity index (χ0v) is 11.1. The molecule has 1 rings (SSSR count). The van der Waals surface area contributed by atoms with Gasteiger partial charge in [-0.1, -0.05) is 0 Å². The van der Waals surface area contributed by atoms with Crippen LogP contribution in [0.25, 0.3) is 0 Å². The van der Waals surface area contributed by atoms with Crippen LogP contribution in [0.2, 0.25) is 0 Å². The van der Waals surface area contributed by atoms with Gasteiger partial charge in [0.25, 0.3) is 0 Å². The molecular weight excluding hydrogens is 292 g/mol. The van der Waals surface area contributed by atoms with Crippen molar-refractivity contribution in [2.24, 2.45) is 0 Å². The summed E-state index contributed by atoms with van der Waals surface area (Å²) in [7, 11) is 0. The normalized spacial score (nSPS) is 38.0. The van der Waals surface area contributed by atoms with Gasteiger partial charge in [0.1, 0.15) is 42.7 Å². The first kappa shape index (κ1) is 18.6. The Hall–Kier alpha value is -0.400. The molecule has 0 aliphatic carbocycles. The van der Waals surface area contributed by atoms with Crippen molar-refractivity contribution in [1.82, 2.24) is 0 Å². The van der Waals surface area contributed by atoms with Crippen LogP contribution < -0.4 is 0 Å². The molecule has 1 saturated heterocycles. The van der Waals surface area contributed by atoms with Crippen LogP contribution in [-0.2, 0) is 9.47 Å². The Morgan fingerprint density at radius 2 is 1.52 bits per heavy atom. The second-order valence-electron chi connectivity index (χ2n) is 4.84. The molecule has 0 aromatic carbocycles. The van der Waals surface area contributed by atoms with Crippen LogP contribution >= 0.6 is 0 Å². The predicted octanol–water partition coefficient (Wildman–Crippen LogP) is -5.12. The SMILES string of the molecule is OCC1O[C@@H](OCC(O)[C@@H](O)[C@H](O)CO)C(O)[C@@H](O)[C@@H]1O. The van der Waals surface area contributed by atoms with Gasteiger partial charge < -0.3 is 50.3 Å². The average molecular weight is 314 g/mol. The fourth-order valence-corrected chi connectivity index (χ4v) is 1.86. The Kier molecular flexibility index (Phi) is 7.36. The summed E-state index contributed by atoms with van der Waals surface area (Å²) in [5.74, 6) is 0. The molecule has 0 aromatic heterocycles. The number of hydrogen-bond donors (Lipinski definition) is 8. The smallest absolute Gasteiger partial charge is 0.186 e. The predicted molar refractivity (Wildman–Crippen MR) is 64.8 cm³/mol. The van der Waals surface area contributed by atoms with Crippen molar-refractivity contribution < 1.29 is 50.3 Å². The van der Waals surface area contributed by atoms with E-state index in [1.54, 1.807) is 0 Å². The van der Waals surface area contributed by atoms with E-state index in [4.69, 9.17) is 24.8 Å². The van der Waals surface area contributed by atoms with Crippen LogP contribution in [-0.4, -0.2) is 110 Å². The van der Waals surface area contributed by atoms with E-state index in [1.807, 2.05) is 0 Å². The minimum atomic E-state index is -1.68.